The number of fused-ring (bicyclic) bond motifs is 1. The van der Waals surface area contributed by atoms with Gasteiger partial charge in [0.15, 0.2) is 5.82 Å². The summed E-state index contributed by atoms with van der Waals surface area (Å²) in [5.41, 5.74) is 6.73. The van der Waals surface area contributed by atoms with Gasteiger partial charge >= 0.3 is 0 Å². The van der Waals surface area contributed by atoms with Gasteiger partial charge < -0.3 is 23.3 Å². The summed E-state index contributed by atoms with van der Waals surface area (Å²) < 4.78 is 53.2. The lowest BCUT2D eigenvalue weighted by Crippen LogP contribution is -2.34. The van der Waals surface area contributed by atoms with Crippen LogP contribution in [-0.4, -0.2) is 56.8 Å². The maximum atomic E-state index is 14.1. The molecule has 4 heterocycles. The van der Waals surface area contributed by atoms with Crippen LogP contribution in [0.5, 0.6) is 5.75 Å². The van der Waals surface area contributed by atoms with Crippen LogP contribution < -0.4 is 14.6 Å². The van der Waals surface area contributed by atoms with Crippen molar-refractivity contribution < 1.29 is 27.2 Å². The van der Waals surface area contributed by atoms with Crippen molar-refractivity contribution in [3.63, 3.8) is 0 Å². The van der Waals surface area contributed by atoms with Crippen LogP contribution in [0.25, 0.3) is 22.0 Å². The van der Waals surface area contributed by atoms with Crippen molar-refractivity contribution in [1.82, 2.24) is 14.7 Å². The van der Waals surface area contributed by atoms with Gasteiger partial charge in [-0.3, -0.25) is 9.78 Å². The van der Waals surface area contributed by atoms with E-state index in [0.717, 1.165) is 60.1 Å². The normalized spacial score (nSPS) is 11.8. The summed E-state index contributed by atoms with van der Waals surface area (Å²) in [6.45, 7) is 14.5. The second kappa shape index (κ2) is 15.2. The number of sulfonamides is 1. The fourth-order valence-corrected chi connectivity index (χ4v) is 8.73. The van der Waals surface area contributed by atoms with Gasteiger partial charge in [0.25, 0.3) is 15.6 Å². The van der Waals surface area contributed by atoms with E-state index in [1.807, 2.05) is 39.0 Å². The van der Waals surface area contributed by atoms with Crippen LogP contribution in [0.1, 0.15) is 59.5 Å². The highest BCUT2D eigenvalue weighted by Gasteiger charge is 2.32. The molecule has 5 rings (SSSR count). The van der Waals surface area contributed by atoms with Crippen molar-refractivity contribution in [3.05, 3.63) is 85.5 Å². The zero-order valence-electron chi connectivity index (χ0n) is 29.4. The standard InChI is InChI=1S/C36H44N4O7S2/c1-9-27-17-31-35(30(10-2)37-27)32(46-11-3)19-33(41)39(31)20-26-12-13-28(22(4)16-26)29-18-34(48-25(29)7)49(42,43)40(21-45-15-14-44-8)36-23(5)24(6)47-38-36/h12-13,16-19H,9-11,14-15,20-21H2,1-8H3. The first-order chi connectivity index (χ1) is 23.4. The first-order valence-corrected chi connectivity index (χ1v) is 18.6. The zero-order chi connectivity index (χ0) is 35.5. The number of benzene rings is 1. The average Bonchev–Trinajstić information content (AvgIpc) is 3.63. The molecule has 0 radical (unpaired) electrons. The summed E-state index contributed by atoms with van der Waals surface area (Å²) in [5, 5.41) is 4.91. The minimum absolute atomic E-state index is 0.148. The van der Waals surface area contributed by atoms with E-state index < -0.39 is 10.0 Å². The molecule has 0 amide bonds. The Bertz CT molecular complexity index is 2130. The topological polar surface area (TPSA) is 126 Å². The lowest BCUT2D eigenvalue weighted by Gasteiger charge is -2.21. The van der Waals surface area contributed by atoms with E-state index in [-0.39, 0.29) is 28.9 Å². The summed E-state index contributed by atoms with van der Waals surface area (Å²) in [5.74, 6) is 1.28. The highest BCUT2D eigenvalue weighted by molar-refractivity contribution is 7.94. The lowest BCUT2D eigenvalue weighted by atomic mass is 9.99. The van der Waals surface area contributed by atoms with Crippen molar-refractivity contribution in [2.75, 3.05) is 38.0 Å². The number of pyridine rings is 2. The molecular formula is C36H44N4O7S2. The van der Waals surface area contributed by atoms with E-state index in [1.165, 1.54) is 11.3 Å². The van der Waals surface area contributed by atoms with Crippen LogP contribution >= 0.6 is 11.3 Å². The fraction of sp³-hybridized carbons (Fsp3) is 0.417. The fourth-order valence-electron chi connectivity index (χ4n) is 5.81. The molecule has 4 aromatic heterocycles. The molecule has 49 heavy (non-hydrogen) atoms. The van der Waals surface area contributed by atoms with E-state index in [2.05, 4.69) is 25.1 Å². The number of hydrogen-bond acceptors (Lipinski definition) is 10. The van der Waals surface area contributed by atoms with E-state index in [1.54, 1.807) is 37.7 Å². The monoisotopic (exact) mass is 708 g/mol. The van der Waals surface area contributed by atoms with E-state index in [9.17, 15) is 13.2 Å². The molecule has 0 spiro atoms. The lowest BCUT2D eigenvalue weighted by molar-refractivity contribution is 0.0753. The van der Waals surface area contributed by atoms with Crippen molar-refractivity contribution in [3.8, 4) is 16.9 Å². The summed E-state index contributed by atoms with van der Waals surface area (Å²) in [7, 11) is -2.50. The third kappa shape index (κ3) is 7.30. The smallest absolute Gasteiger partial charge is 0.277 e. The molecule has 0 saturated carbocycles. The Balaban J connectivity index is 1.50. The average molecular weight is 709 g/mol. The molecule has 0 N–H and O–H groups in total. The number of rotatable bonds is 15. The number of anilines is 1. The maximum absolute atomic E-state index is 14.1. The van der Waals surface area contributed by atoms with Crippen molar-refractivity contribution in [2.45, 2.75) is 72.1 Å². The molecule has 0 aliphatic heterocycles. The Morgan fingerprint density at radius 2 is 1.76 bits per heavy atom. The van der Waals surface area contributed by atoms with Gasteiger partial charge in [-0.15, -0.1) is 11.3 Å². The van der Waals surface area contributed by atoms with Gasteiger partial charge in [0.05, 0.1) is 43.0 Å². The quantitative estimate of drug-likeness (QED) is 0.0859. The molecule has 0 aliphatic carbocycles. The van der Waals surface area contributed by atoms with Gasteiger partial charge in [0.2, 0.25) is 0 Å². The molecule has 13 heteroatoms. The summed E-state index contributed by atoms with van der Waals surface area (Å²) in [6, 6.07) is 11.3. The number of methoxy groups -OCH3 is 1. The largest absolute Gasteiger partial charge is 0.493 e. The minimum atomic E-state index is -4.06. The van der Waals surface area contributed by atoms with Crippen LogP contribution in [-0.2, 0) is 38.9 Å². The predicted octanol–water partition coefficient (Wildman–Crippen LogP) is 6.73. The van der Waals surface area contributed by atoms with Gasteiger partial charge in [-0.1, -0.05) is 37.2 Å². The Labute approximate surface area is 291 Å². The van der Waals surface area contributed by atoms with Crippen molar-refractivity contribution in [2.24, 2.45) is 0 Å². The SMILES string of the molecule is CCOc1cc(=O)n(Cc2ccc(-c3cc(S(=O)(=O)N(COCCOC)c4noc(C)c4C)sc3C)c(C)c2)c2cc(CC)nc(CC)c12. The minimum Gasteiger partial charge on any atom is -0.493 e. The van der Waals surface area contributed by atoms with Crippen LogP contribution in [0.2, 0.25) is 0 Å². The summed E-state index contributed by atoms with van der Waals surface area (Å²) in [6.07, 6.45) is 1.46. The Hall–Kier alpha value is -4.04. The number of nitrogens with zero attached hydrogens (tertiary/aromatic N) is 4. The predicted molar refractivity (Wildman–Crippen MR) is 193 cm³/mol. The molecular weight excluding hydrogens is 665 g/mol. The van der Waals surface area contributed by atoms with Gasteiger partial charge in [-0.25, -0.2) is 12.7 Å². The molecule has 1 aromatic carbocycles. The van der Waals surface area contributed by atoms with Crippen LogP contribution in [0.4, 0.5) is 5.82 Å². The molecule has 0 bridgehead atoms. The summed E-state index contributed by atoms with van der Waals surface area (Å²) in [4.78, 5) is 19.2. The highest BCUT2D eigenvalue weighted by atomic mass is 32.2. The molecule has 0 unspecified atom stereocenters. The van der Waals surface area contributed by atoms with Gasteiger partial charge in [0, 0.05) is 29.3 Å². The number of aryl methyl sites for hydroxylation is 5. The number of ether oxygens (including phenoxy) is 3. The van der Waals surface area contributed by atoms with Crippen LogP contribution in [0.15, 0.2) is 49.9 Å². The van der Waals surface area contributed by atoms with Gasteiger partial charge in [0.1, 0.15) is 22.4 Å². The molecule has 0 aliphatic rings. The second-order valence-corrected chi connectivity index (χ2v) is 15.1. The zero-order valence-corrected chi connectivity index (χ0v) is 31.0. The molecule has 0 saturated heterocycles. The maximum Gasteiger partial charge on any atom is 0.277 e. The summed E-state index contributed by atoms with van der Waals surface area (Å²) >= 11 is 1.20. The van der Waals surface area contributed by atoms with Crippen molar-refractivity contribution >= 4 is 38.1 Å². The highest BCUT2D eigenvalue weighted by Crippen LogP contribution is 2.38. The molecule has 5 aromatic rings. The van der Waals surface area contributed by atoms with E-state index in [4.69, 9.17) is 23.7 Å². The van der Waals surface area contributed by atoms with Crippen LogP contribution in [0, 0.1) is 27.7 Å². The molecule has 11 nitrogen and oxygen atoms in total. The third-order valence-electron chi connectivity index (χ3n) is 8.55. The Morgan fingerprint density at radius 3 is 2.39 bits per heavy atom. The van der Waals surface area contributed by atoms with Crippen LogP contribution in [0.3, 0.4) is 0 Å². The van der Waals surface area contributed by atoms with Crippen molar-refractivity contribution in [1.29, 1.82) is 0 Å². The van der Waals surface area contributed by atoms with Gasteiger partial charge in [-0.05, 0) is 81.8 Å². The first kappa shape index (κ1) is 36.2. The first-order valence-electron chi connectivity index (χ1n) is 16.4. The van der Waals surface area contributed by atoms with E-state index >= 15 is 0 Å². The number of hydrogen-bond donors (Lipinski definition) is 0. The Kier molecular flexibility index (Phi) is 11.3. The van der Waals surface area contributed by atoms with Gasteiger partial charge in [-0.2, -0.15) is 0 Å². The number of thiophene rings is 1. The number of aromatic nitrogens is 3. The second-order valence-electron chi connectivity index (χ2n) is 11.8. The third-order valence-corrected chi connectivity index (χ3v) is 11.8. The molecule has 0 atom stereocenters. The molecule has 262 valence electrons. The molecule has 0 fully saturated rings. The van der Waals surface area contributed by atoms with E-state index in [0.29, 0.717) is 43.3 Å². The Morgan fingerprint density at radius 1 is 0.980 bits per heavy atom.